The molecule has 0 fully saturated rings. The summed E-state index contributed by atoms with van der Waals surface area (Å²) in [5, 5.41) is 4.05. The maximum absolute atomic E-state index is 13.8. The van der Waals surface area contributed by atoms with Gasteiger partial charge in [0.25, 0.3) is 0 Å². The number of nitrogen functional groups attached to an aromatic ring is 1. The number of sulfonamides is 1. The molecular formula is C11H12ClFN4O2S. The Labute approximate surface area is 120 Å². The molecule has 108 valence electrons. The van der Waals surface area contributed by atoms with Crippen molar-refractivity contribution in [2.75, 3.05) is 5.73 Å². The van der Waals surface area contributed by atoms with Gasteiger partial charge in [-0.15, -0.1) is 0 Å². The van der Waals surface area contributed by atoms with E-state index < -0.39 is 20.7 Å². The van der Waals surface area contributed by atoms with Crippen LogP contribution >= 0.6 is 11.6 Å². The van der Waals surface area contributed by atoms with E-state index in [1.807, 2.05) is 0 Å². The van der Waals surface area contributed by atoms with Crippen LogP contribution in [0.4, 0.5) is 10.1 Å². The predicted molar refractivity (Wildman–Crippen MR) is 73.1 cm³/mol. The van der Waals surface area contributed by atoms with Crippen LogP contribution in [0, 0.1) is 5.82 Å². The third-order valence-corrected chi connectivity index (χ3v) is 4.15. The molecule has 3 N–H and O–H groups in total. The smallest absolute Gasteiger partial charge is 0.243 e. The van der Waals surface area contributed by atoms with Crippen molar-refractivity contribution in [2.45, 2.75) is 11.4 Å². The summed E-state index contributed by atoms with van der Waals surface area (Å²) in [6.07, 6.45) is 1.67. The highest BCUT2D eigenvalue weighted by Crippen LogP contribution is 2.25. The van der Waals surface area contributed by atoms with Crippen molar-refractivity contribution in [1.82, 2.24) is 14.5 Å². The highest BCUT2D eigenvalue weighted by atomic mass is 35.5. The summed E-state index contributed by atoms with van der Waals surface area (Å²) in [5.41, 5.74) is 5.54. The molecule has 0 unspecified atom stereocenters. The number of rotatable bonds is 4. The van der Waals surface area contributed by atoms with Crippen LogP contribution < -0.4 is 10.5 Å². The first-order valence-electron chi connectivity index (χ1n) is 5.52. The van der Waals surface area contributed by atoms with Gasteiger partial charge in [-0.1, -0.05) is 11.6 Å². The summed E-state index contributed by atoms with van der Waals surface area (Å²) in [6, 6.07) is 3.80. The second-order valence-corrected chi connectivity index (χ2v) is 6.28. The Morgan fingerprint density at radius 2 is 2.20 bits per heavy atom. The third kappa shape index (κ3) is 3.09. The van der Waals surface area contributed by atoms with Gasteiger partial charge in [0.05, 0.1) is 17.9 Å². The number of nitrogens with one attached hydrogen (secondary N) is 1. The van der Waals surface area contributed by atoms with Crippen LogP contribution in [0.1, 0.15) is 5.69 Å². The highest BCUT2D eigenvalue weighted by Gasteiger charge is 2.21. The summed E-state index contributed by atoms with van der Waals surface area (Å²) >= 11 is 5.69. The number of aryl methyl sites for hydroxylation is 1. The number of nitrogens with zero attached hydrogens (tertiary/aromatic N) is 2. The molecule has 2 rings (SSSR count). The van der Waals surface area contributed by atoms with Crippen LogP contribution in [0.15, 0.2) is 29.3 Å². The molecule has 0 amide bonds. The normalized spacial score (nSPS) is 11.8. The molecule has 0 aliphatic heterocycles. The molecule has 9 heteroatoms. The lowest BCUT2D eigenvalue weighted by atomic mass is 10.3. The first kappa shape index (κ1) is 14.8. The molecule has 1 aromatic heterocycles. The number of halogens is 2. The molecule has 0 radical (unpaired) electrons. The van der Waals surface area contributed by atoms with E-state index in [2.05, 4.69) is 9.82 Å². The van der Waals surface area contributed by atoms with Crippen molar-refractivity contribution in [3.05, 3.63) is 40.9 Å². The summed E-state index contributed by atoms with van der Waals surface area (Å²) < 4.78 is 41.6. The van der Waals surface area contributed by atoms with Crippen LogP contribution in [0.3, 0.4) is 0 Å². The molecule has 1 heterocycles. The van der Waals surface area contributed by atoms with Gasteiger partial charge in [-0.25, -0.2) is 17.5 Å². The molecule has 0 atom stereocenters. The lowest BCUT2D eigenvalue weighted by Crippen LogP contribution is -2.24. The van der Waals surface area contributed by atoms with Crippen molar-refractivity contribution < 1.29 is 12.8 Å². The Balaban J connectivity index is 2.27. The van der Waals surface area contributed by atoms with Gasteiger partial charge >= 0.3 is 0 Å². The van der Waals surface area contributed by atoms with Gasteiger partial charge in [-0.3, -0.25) is 4.68 Å². The number of aromatic nitrogens is 2. The number of hydrogen-bond acceptors (Lipinski definition) is 4. The maximum Gasteiger partial charge on any atom is 0.243 e. The van der Waals surface area contributed by atoms with Crippen LogP contribution in [-0.2, 0) is 23.6 Å². The first-order valence-corrected chi connectivity index (χ1v) is 7.38. The molecule has 2 aromatic rings. The molecule has 0 aliphatic rings. The zero-order valence-corrected chi connectivity index (χ0v) is 12.0. The van der Waals surface area contributed by atoms with E-state index in [0.29, 0.717) is 5.69 Å². The van der Waals surface area contributed by atoms with Crippen molar-refractivity contribution in [1.29, 1.82) is 0 Å². The molecule has 0 saturated heterocycles. The van der Waals surface area contributed by atoms with Gasteiger partial charge in [0, 0.05) is 18.3 Å². The van der Waals surface area contributed by atoms with E-state index in [1.165, 1.54) is 4.68 Å². The van der Waals surface area contributed by atoms with Gasteiger partial charge in [0.15, 0.2) is 5.82 Å². The topological polar surface area (TPSA) is 90.0 Å². The monoisotopic (exact) mass is 318 g/mol. The molecule has 20 heavy (non-hydrogen) atoms. The standard InChI is InChI=1S/C11H12ClFN4O2S/c1-17-3-2-8(16-17)6-15-20(18,19)10-5-7(12)4-9(14)11(10)13/h2-5,15H,6,14H2,1H3. The minimum absolute atomic E-state index is 0.0436. The van der Waals surface area contributed by atoms with Crippen molar-refractivity contribution in [2.24, 2.45) is 7.05 Å². The van der Waals surface area contributed by atoms with Crippen molar-refractivity contribution in [3.8, 4) is 0 Å². The Kier molecular flexibility index (Phi) is 3.98. The fourth-order valence-electron chi connectivity index (χ4n) is 1.58. The number of hydrogen-bond donors (Lipinski definition) is 2. The zero-order valence-electron chi connectivity index (χ0n) is 10.5. The highest BCUT2D eigenvalue weighted by molar-refractivity contribution is 7.89. The van der Waals surface area contributed by atoms with Gasteiger partial charge in [-0.05, 0) is 18.2 Å². The number of anilines is 1. The van der Waals surface area contributed by atoms with E-state index in [1.54, 1.807) is 19.3 Å². The van der Waals surface area contributed by atoms with E-state index in [0.717, 1.165) is 12.1 Å². The minimum Gasteiger partial charge on any atom is -0.396 e. The van der Waals surface area contributed by atoms with Crippen LogP contribution in [0.5, 0.6) is 0 Å². The van der Waals surface area contributed by atoms with Gasteiger partial charge in [0.1, 0.15) is 4.90 Å². The van der Waals surface area contributed by atoms with Crippen molar-refractivity contribution >= 4 is 27.3 Å². The minimum atomic E-state index is -4.06. The van der Waals surface area contributed by atoms with Gasteiger partial charge < -0.3 is 5.73 Å². The molecule has 0 spiro atoms. The summed E-state index contributed by atoms with van der Waals surface area (Å²) in [5.74, 6) is -1.03. The van der Waals surface area contributed by atoms with E-state index in [4.69, 9.17) is 17.3 Å². The fourth-order valence-corrected chi connectivity index (χ4v) is 3.00. The van der Waals surface area contributed by atoms with Crippen LogP contribution in [0.25, 0.3) is 0 Å². The Morgan fingerprint density at radius 1 is 1.50 bits per heavy atom. The fraction of sp³-hybridized carbons (Fsp3) is 0.182. The van der Waals surface area contributed by atoms with Gasteiger partial charge in [-0.2, -0.15) is 5.10 Å². The average molecular weight is 319 g/mol. The van der Waals surface area contributed by atoms with E-state index >= 15 is 0 Å². The van der Waals surface area contributed by atoms with E-state index in [9.17, 15) is 12.8 Å². The molecule has 0 aliphatic carbocycles. The number of benzene rings is 1. The Hall–Kier alpha value is -1.64. The molecule has 0 saturated carbocycles. The first-order chi connectivity index (χ1) is 9.29. The van der Waals surface area contributed by atoms with E-state index in [-0.39, 0.29) is 17.3 Å². The summed E-state index contributed by atoms with van der Waals surface area (Å²) in [4.78, 5) is -0.585. The Bertz CT molecular complexity index is 745. The van der Waals surface area contributed by atoms with Crippen molar-refractivity contribution in [3.63, 3.8) is 0 Å². The average Bonchev–Trinajstić information content (AvgIpc) is 2.77. The van der Waals surface area contributed by atoms with Gasteiger partial charge in [0.2, 0.25) is 10.0 Å². The maximum atomic E-state index is 13.8. The quantitative estimate of drug-likeness (QED) is 0.831. The third-order valence-electron chi connectivity index (χ3n) is 2.53. The molecule has 1 aromatic carbocycles. The summed E-state index contributed by atoms with van der Waals surface area (Å²) in [6.45, 7) is -0.0605. The second kappa shape index (κ2) is 5.39. The van der Waals surface area contributed by atoms with Crippen LogP contribution in [0.2, 0.25) is 5.02 Å². The SMILES string of the molecule is Cn1ccc(CNS(=O)(=O)c2cc(Cl)cc(N)c2F)n1. The molecular weight excluding hydrogens is 307 g/mol. The van der Waals surface area contributed by atoms with Crippen LogP contribution in [-0.4, -0.2) is 18.2 Å². The predicted octanol–water partition coefficient (Wildman–Crippen LogP) is 1.27. The summed E-state index contributed by atoms with van der Waals surface area (Å²) in [7, 11) is -2.36. The zero-order chi connectivity index (χ0) is 14.9. The lowest BCUT2D eigenvalue weighted by Gasteiger charge is -2.08. The Morgan fingerprint density at radius 3 is 2.80 bits per heavy atom. The number of nitrogens with two attached hydrogens (primary N) is 1. The lowest BCUT2D eigenvalue weighted by molar-refractivity contribution is 0.557. The molecule has 6 nitrogen and oxygen atoms in total. The molecule has 0 bridgehead atoms. The largest absolute Gasteiger partial charge is 0.396 e. The second-order valence-electron chi connectivity index (χ2n) is 4.11.